The fourth-order valence-electron chi connectivity index (χ4n) is 2.69. The van der Waals surface area contributed by atoms with E-state index in [1.54, 1.807) is 0 Å². The van der Waals surface area contributed by atoms with Crippen LogP contribution in [0, 0.1) is 17.8 Å². The van der Waals surface area contributed by atoms with Gasteiger partial charge in [0.2, 0.25) is 0 Å². The van der Waals surface area contributed by atoms with Gasteiger partial charge in [0.1, 0.15) is 0 Å². The largest absolute Gasteiger partial charge is 0.0654 e. The summed E-state index contributed by atoms with van der Waals surface area (Å²) in [5.41, 5.74) is 0. The maximum absolute atomic E-state index is 2.43. The van der Waals surface area contributed by atoms with Crippen molar-refractivity contribution < 1.29 is 0 Å². The minimum Gasteiger partial charge on any atom is -0.0654 e. The molecule has 14 heavy (non-hydrogen) atoms. The van der Waals surface area contributed by atoms with Crippen molar-refractivity contribution in [2.24, 2.45) is 17.8 Å². The van der Waals surface area contributed by atoms with E-state index in [1.807, 2.05) is 0 Å². The summed E-state index contributed by atoms with van der Waals surface area (Å²) in [6.45, 7) is 11.8. The quantitative estimate of drug-likeness (QED) is 0.498. The third-order valence-electron chi connectivity index (χ3n) is 3.17. The SMILES string of the molecule is CCC[C@@H](C)CC(C)C[C@@H](C)CCC. The van der Waals surface area contributed by atoms with Crippen LogP contribution in [0.2, 0.25) is 0 Å². The minimum atomic E-state index is 0.929. The van der Waals surface area contributed by atoms with Crippen molar-refractivity contribution in [2.45, 2.75) is 73.1 Å². The lowest BCUT2D eigenvalue weighted by Gasteiger charge is -2.20. The Kier molecular flexibility index (Phi) is 8.32. The van der Waals surface area contributed by atoms with E-state index in [0.29, 0.717) is 0 Å². The summed E-state index contributed by atoms with van der Waals surface area (Å²) >= 11 is 0. The lowest BCUT2D eigenvalue weighted by atomic mass is 9.86. The molecular formula is C14H30. The highest BCUT2D eigenvalue weighted by Gasteiger charge is 2.11. The van der Waals surface area contributed by atoms with Gasteiger partial charge in [-0.3, -0.25) is 0 Å². The summed E-state index contributed by atoms with van der Waals surface area (Å²) in [4.78, 5) is 0. The van der Waals surface area contributed by atoms with E-state index in [1.165, 1.54) is 38.5 Å². The summed E-state index contributed by atoms with van der Waals surface area (Å²) in [7, 11) is 0. The second kappa shape index (κ2) is 8.32. The fraction of sp³-hybridized carbons (Fsp3) is 1.00. The second-order valence-electron chi connectivity index (χ2n) is 5.36. The fourth-order valence-corrected chi connectivity index (χ4v) is 2.69. The van der Waals surface area contributed by atoms with Gasteiger partial charge >= 0.3 is 0 Å². The molecule has 0 aromatic carbocycles. The van der Waals surface area contributed by atoms with Gasteiger partial charge in [-0.1, -0.05) is 60.3 Å². The van der Waals surface area contributed by atoms with E-state index in [0.717, 1.165) is 17.8 Å². The molecule has 0 radical (unpaired) electrons. The van der Waals surface area contributed by atoms with Crippen molar-refractivity contribution in [1.82, 2.24) is 0 Å². The highest BCUT2D eigenvalue weighted by molar-refractivity contribution is 4.63. The summed E-state index contributed by atoms with van der Waals surface area (Å²) in [6, 6.07) is 0. The van der Waals surface area contributed by atoms with E-state index in [9.17, 15) is 0 Å². The first-order valence-corrected chi connectivity index (χ1v) is 6.60. The lowest BCUT2D eigenvalue weighted by Crippen LogP contribution is -2.07. The summed E-state index contributed by atoms with van der Waals surface area (Å²) in [6.07, 6.45) is 8.37. The zero-order valence-corrected chi connectivity index (χ0v) is 11.0. The third-order valence-corrected chi connectivity index (χ3v) is 3.17. The number of hydrogen-bond acceptors (Lipinski definition) is 0. The molecule has 0 N–H and O–H groups in total. The van der Waals surface area contributed by atoms with E-state index < -0.39 is 0 Å². The molecule has 1 unspecified atom stereocenters. The van der Waals surface area contributed by atoms with Gasteiger partial charge in [0, 0.05) is 0 Å². The van der Waals surface area contributed by atoms with Crippen LogP contribution in [-0.4, -0.2) is 0 Å². The standard InChI is InChI=1S/C14H30/c1-6-8-12(3)10-14(5)11-13(4)9-7-2/h12-14H,6-11H2,1-5H3/t12-,13+,14?. The predicted molar refractivity (Wildman–Crippen MR) is 66.5 cm³/mol. The molecule has 0 aromatic heterocycles. The first-order chi connectivity index (χ1) is 6.60. The first kappa shape index (κ1) is 14.0. The Morgan fingerprint density at radius 2 is 1.00 bits per heavy atom. The van der Waals surface area contributed by atoms with Gasteiger partial charge in [0.25, 0.3) is 0 Å². The average molecular weight is 198 g/mol. The van der Waals surface area contributed by atoms with Crippen LogP contribution in [0.4, 0.5) is 0 Å². The Bertz CT molecular complexity index is 103. The maximum Gasteiger partial charge on any atom is -0.0438 e. The van der Waals surface area contributed by atoms with Crippen molar-refractivity contribution in [1.29, 1.82) is 0 Å². The Labute approximate surface area is 91.5 Å². The monoisotopic (exact) mass is 198 g/mol. The highest BCUT2D eigenvalue weighted by Crippen LogP contribution is 2.24. The molecule has 0 saturated carbocycles. The molecular weight excluding hydrogens is 168 g/mol. The van der Waals surface area contributed by atoms with Crippen LogP contribution in [0.1, 0.15) is 73.1 Å². The van der Waals surface area contributed by atoms with Gasteiger partial charge in [-0.25, -0.2) is 0 Å². The van der Waals surface area contributed by atoms with Crippen LogP contribution < -0.4 is 0 Å². The van der Waals surface area contributed by atoms with Crippen LogP contribution in [0.25, 0.3) is 0 Å². The number of hydrogen-bond donors (Lipinski definition) is 0. The Morgan fingerprint density at radius 3 is 1.29 bits per heavy atom. The molecule has 0 rings (SSSR count). The molecule has 0 aliphatic rings. The molecule has 0 nitrogen and oxygen atoms in total. The minimum absolute atomic E-state index is 0.929. The van der Waals surface area contributed by atoms with E-state index in [-0.39, 0.29) is 0 Å². The van der Waals surface area contributed by atoms with E-state index >= 15 is 0 Å². The molecule has 0 amide bonds. The van der Waals surface area contributed by atoms with Crippen LogP contribution in [0.15, 0.2) is 0 Å². The smallest absolute Gasteiger partial charge is 0.0438 e. The highest BCUT2D eigenvalue weighted by atomic mass is 14.2. The first-order valence-electron chi connectivity index (χ1n) is 6.60. The maximum atomic E-state index is 2.43. The predicted octanol–water partition coefficient (Wildman–Crippen LogP) is 5.28. The molecule has 0 heterocycles. The van der Waals surface area contributed by atoms with E-state index in [4.69, 9.17) is 0 Å². The van der Waals surface area contributed by atoms with Crippen LogP contribution in [-0.2, 0) is 0 Å². The van der Waals surface area contributed by atoms with E-state index in [2.05, 4.69) is 34.6 Å². The summed E-state index contributed by atoms with van der Waals surface area (Å²) < 4.78 is 0. The summed E-state index contributed by atoms with van der Waals surface area (Å²) in [5.74, 6) is 2.80. The van der Waals surface area contributed by atoms with Crippen LogP contribution in [0.5, 0.6) is 0 Å². The van der Waals surface area contributed by atoms with Crippen LogP contribution >= 0.6 is 0 Å². The topological polar surface area (TPSA) is 0 Å². The van der Waals surface area contributed by atoms with Crippen molar-refractivity contribution in [2.75, 3.05) is 0 Å². The molecule has 0 saturated heterocycles. The van der Waals surface area contributed by atoms with Gasteiger partial charge in [-0.05, 0) is 30.6 Å². The third kappa shape index (κ3) is 7.41. The molecule has 86 valence electrons. The molecule has 0 spiro atoms. The van der Waals surface area contributed by atoms with Gasteiger partial charge in [-0.2, -0.15) is 0 Å². The average Bonchev–Trinajstić information content (AvgIpc) is 2.03. The second-order valence-corrected chi connectivity index (χ2v) is 5.36. The normalized spacial score (nSPS) is 17.8. The summed E-state index contributed by atoms with van der Waals surface area (Å²) in [5, 5.41) is 0. The molecule has 0 fully saturated rings. The van der Waals surface area contributed by atoms with Gasteiger partial charge in [0.15, 0.2) is 0 Å². The molecule has 0 bridgehead atoms. The molecule has 0 aliphatic carbocycles. The number of rotatable bonds is 8. The zero-order valence-electron chi connectivity index (χ0n) is 11.0. The molecule has 0 aliphatic heterocycles. The molecule has 0 heteroatoms. The van der Waals surface area contributed by atoms with Crippen molar-refractivity contribution in [3.63, 3.8) is 0 Å². The van der Waals surface area contributed by atoms with Crippen molar-refractivity contribution in [3.8, 4) is 0 Å². The molecule has 3 atom stereocenters. The van der Waals surface area contributed by atoms with Gasteiger partial charge < -0.3 is 0 Å². The van der Waals surface area contributed by atoms with Crippen LogP contribution in [0.3, 0.4) is 0 Å². The Balaban J connectivity index is 3.57. The van der Waals surface area contributed by atoms with Crippen molar-refractivity contribution in [3.05, 3.63) is 0 Å². The van der Waals surface area contributed by atoms with Gasteiger partial charge in [-0.15, -0.1) is 0 Å². The Morgan fingerprint density at radius 1 is 0.643 bits per heavy atom. The zero-order chi connectivity index (χ0) is 11.0. The lowest BCUT2D eigenvalue weighted by molar-refractivity contribution is 0.323. The Hall–Kier alpha value is 0. The molecule has 0 aromatic rings. The van der Waals surface area contributed by atoms with Crippen molar-refractivity contribution >= 4 is 0 Å². The van der Waals surface area contributed by atoms with Gasteiger partial charge in [0.05, 0.1) is 0 Å².